The molecule has 0 unspecified atom stereocenters. The van der Waals surface area contributed by atoms with Gasteiger partial charge in [0.25, 0.3) is 11.8 Å². The molecule has 10 heteroatoms. The van der Waals surface area contributed by atoms with Crippen molar-refractivity contribution in [2.45, 2.75) is 39.8 Å². The van der Waals surface area contributed by atoms with Crippen molar-refractivity contribution < 1.29 is 9.59 Å². The lowest BCUT2D eigenvalue weighted by atomic mass is 10.2. The number of rotatable bonds is 11. The van der Waals surface area contributed by atoms with Gasteiger partial charge in [0.1, 0.15) is 11.4 Å². The van der Waals surface area contributed by atoms with E-state index in [2.05, 4.69) is 20.6 Å². The summed E-state index contributed by atoms with van der Waals surface area (Å²) in [5.74, 6) is -0.471. The fraction of sp³-hybridized carbons (Fsp3) is 0.167. The highest BCUT2D eigenvalue weighted by Crippen LogP contribution is 2.22. The van der Waals surface area contributed by atoms with E-state index in [1.807, 2.05) is 86.6 Å². The molecule has 0 atom stereocenters. The predicted octanol–water partition coefficient (Wildman–Crippen LogP) is 6.81. The molecule has 4 heterocycles. The van der Waals surface area contributed by atoms with Gasteiger partial charge in [-0.1, -0.05) is 35.4 Å². The van der Waals surface area contributed by atoms with Crippen LogP contribution in [0, 0.1) is 13.8 Å². The number of aromatic nitrogens is 6. The normalized spacial score (nSPS) is 10.9. The zero-order valence-electron chi connectivity index (χ0n) is 25.7. The summed E-state index contributed by atoms with van der Waals surface area (Å²) in [6.07, 6.45) is 8.22. The molecule has 0 fully saturated rings. The van der Waals surface area contributed by atoms with E-state index < -0.39 is 0 Å². The Labute approximate surface area is 267 Å². The van der Waals surface area contributed by atoms with Gasteiger partial charge in [-0.3, -0.25) is 28.9 Å². The van der Waals surface area contributed by atoms with Gasteiger partial charge >= 0.3 is 0 Å². The summed E-state index contributed by atoms with van der Waals surface area (Å²) < 4.78 is 3.49. The Morgan fingerprint density at radius 2 is 0.935 bits per heavy atom. The van der Waals surface area contributed by atoms with Gasteiger partial charge in [-0.05, 0) is 87.4 Å². The first-order valence-corrected chi connectivity index (χ1v) is 15.2. The highest BCUT2D eigenvalue weighted by molar-refractivity contribution is 6.04. The van der Waals surface area contributed by atoms with Crippen LogP contribution in [0.4, 0.5) is 11.4 Å². The van der Waals surface area contributed by atoms with E-state index in [0.29, 0.717) is 60.1 Å². The molecule has 0 bridgehead atoms. The molecule has 0 spiro atoms. The molecule has 2 aromatic carbocycles. The van der Waals surface area contributed by atoms with Gasteiger partial charge in [-0.2, -0.15) is 10.2 Å². The highest BCUT2D eigenvalue weighted by atomic mass is 16.2. The number of hydrogen-bond acceptors (Lipinski definition) is 6. The van der Waals surface area contributed by atoms with Gasteiger partial charge in [0.2, 0.25) is 0 Å². The molecular formula is C36H34N8O2. The van der Waals surface area contributed by atoms with Gasteiger partial charge in [-0.25, -0.2) is 0 Å². The molecule has 2 amide bonds. The van der Waals surface area contributed by atoms with Crippen molar-refractivity contribution in [3.8, 4) is 22.5 Å². The Balaban J connectivity index is 1.19. The van der Waals surface area contributed by atoms with Crippen LogP contribution in [0.3, 0.4) is 0 Å². The number of anilines is 2. The summed E-state index contributed by atoms with van der Waals surface area (Å²) in [4.78, 5) is 35.0. The van der Waals surface area contributed by atoms with Gasteiger partial charge in [0.15, 0.2) is 0 Å². The Kier molecular flexibility index (Phi) is 9.05. The fourth-order valence-electron chi connectivity index (χ4n) is 5.05. The summed E-state index contributed by atoms with van der Waals surface area (Å²) in [5.41, 5.74) is 7.73. The molecule has 6 aromatic rings. The first kappa shape index (κ1) is 30.1. The fourth-order valence-corrected chi connectivity index (χ4v) is 5.05. The largest absolute Gasteiger partial charge is 0.321 e. The predicted molar refractivity (Wildman–Crippen MR) is 178 cm³/mol. The SMILES string of the molecule is Cc1ccc(NC(=O)c2cc(-c3ccncc3)nn2CCCCn2nc(-c3ccncc3)cc2C(=O)Nc2ccc(C)cc2)cc1. The Bertz CT molecular complexity index is 1790. The first-order chi connectivity index (χ1) is 22.4. The number of hydrogen-bond donors (Lipinski definition) is 2. The van der Waals surface area contributed by atoms with E-state index in [1.54, 1.807) is 46.3 Å². The third-order valence-electron chi connectivity index (χ3n) is 7.59. The second-order valence-corrected chi connectivity index (χ2v) is 11.1. The van der Waals surface area contributed by atoms with Crippen LogP contribution >= 0.6 is 0 Å². The van der Waals surface area contributed by atoms with Crippen LogP contribution in [0.25, 0.3) is 22.5 Å². The van der Waals surface area contributed by atoms with Crippen LogP contribution < -0.4 is 10.6 Å². The molecule has 0 aliphatic rings. The van der Waals surface area contributed by atoms with Crippen molar-refractivity contribution in [3.05, 3.63) is 132 Å². The van der Waals surface area contributed by atoms with Crippen LogP contribution in [0.5, 0.6) is 0 Å². The zero-order chi connectivity index (χ0) is 31.9. The maximum Gasteiger partial charge on any atom is 0.273 e. The maximum atomic E-state index is 13.4. The first-order valence-electron chi connectivity index (χ1n) is 15.2. The summed E-state index contributed by atoms with van der Waals surface area (Å²) in [5, 5.41) is 15.5. The molecule has 0 saturated carbocycles. The standard InChI is InChI=1S/C36H34N8O2/c1-25-5-9-29(10-6-25)39-35(45)33-23-31(27-13-17-37-18-14-27)41-43(33)21-3-4-22-44-34(24-32(42-44)28-15-19-38-20-16-28)36(46)40-30-11-7-26(2)8-12-30/h5-20,23-24H,3-4,21-22H2,1-2H3,(H,39,45)(H,40,46). The lowest BCUT2D eigenvalue weighted by Gasteiger charge is -2.10. The van der Waals surface area contributed by atoms with Crippen molar-refractivity contribution in [3.63, 3.8) is 0 Å². The van der Waals surface area contributed by atoms with Crippen LogP contribution in [0.1, 0.15) is 44.9 Å². The van der Waals surface area contributed by atoms with Gasteiger partial charge in [0.05, 0.1) is 11.4 Å². The van der Waals surface area contributed by atoms with Crippen molar-refractivity contribution >= 4 is 23.2 Å². The van der Waals surface area contributed by atoms with Crippen molar-refractivity contribution in [1.82, 2.24) is 29.5 Å². The molecule has 0 aliphatic carbocycles. The van der Waals surface area contributed by atoms with E-state index >= 15 is 0 Å². The van der Waals surface area contributed by atoms with Crippen molar-refractivity contribution in [2.75, 3.05) is 10.6 Å². The highest BCUT2D eigenvalue weighted by Gasteiger charge is 2.19. The number of unbranched alkanes of at least 4 members (excludes halogenated alkanes) is 1. The molecule has 46 heavy (non-hydrogen) atoms. The molecule has 0 saturated heterocycles. The quantitative estimate of drug-likeness (QED) is 0.156. The number of benzene rings is 2. The lowest BCUT2D eigenvalue weighted by Crippen LogP contribution is -2.19. The van der Waals surface area contributed by atoms with Crippen LogP contribution in [0.15, 0.2) is 110 Å². The number of aryl methyl sites for hydroxylation is 4. The Morgan fingerprint density at radius 1 is 0.565 bits per heavy atom. The molecular weight excluding hydrogens is 576 g/mol. The van der Waals surface area contributed by atoms with E-state index in [-0.39, 0.29) is 11.8 Å². The third-order valence-corrected chi connectivity index (χ3v) is 7.59. The smallest absolute Gasteiger partial charge is 0.273 e. The van der Waals surface area contributed by atoms with Crippen LogP contribution in [-0.4, -0.2) is 41.3 Å². The molecule has 230 valence electrons. The lowest BCUT2D eigenvalue weighted by molar-refractivity contribution is 0.100. The number of amides is 2. The minimum atomic E-state index is -0.235. The minimum absolute atomic E-state index is 0.235. The van der Waals surface area contributed by atoms with Gasteiger partial charge in [-0.15, -0.1) is 0 Å². The van der Waals surface area contributed by atoms with E-state index in [4.69, 9.17) is 10.2 Å². The number of carbonyl (C=O) groups is 2. The Morgan fingerprint density at radius 3 is 1.30 bits per heavy atom. The van der Waals surface area contributed by atoms with Crippen LogP contribution in [-0.2, 0) is 13.1 Å². The molecule has 4 aromatic heterocycles. The second kappa shape index (κ2) is 13.8. The van der Waals surface area contributed by atoms with Crippen LogP contribution in [0.2, 0.25) is 0 Å². The monoisotopic (exact) mass is 610 g/mol. The number of nitrogens with one attached hydrogen (secondary N) is 2. The van der Waals surface area contributed by atoms with E-state index in [0.717, 1.165) is 22.3 Å². The third kappa shape index (κ3) is 7.24. The van der Waals surface area contributed by atoms with E-state index in [1.165, 1.54) is 0 Å². The minimum Gasteiger partial charge on any atom is -0.321 e. The molecule has 10 nitrogen and oxygen atoms in total. The zero-order valence-corrected chi connectivity index (χ0v) is 25.7. The maximum absolute atomic E-state index is 13.4. The average Bonchev–Trinajstić information content (AvgIpc) is 3.71. The van der Waals surface area contributed by atoms with Gasteiger partial charge < -0.3 is 10.6 Å². The number of carbonyl (C=O) groups excluding carboxylic acids is 2. The summed E-state index contributed by atoms with van der Waals surface area (Å²) in [6, 6.07) is 26.5. The molecule has 6 rings (SSSR count). The second-order valence-electron chi connectivity index (χ2n) is 11.1. The van der Waals surface area contributed by atoms with Crippen molar-refractivity contribution in [2.24, 2.45) is 0 Å². The molecule has 0 aliphatic heterocycles. The topological polar surface area (TPSA) is 120 Å². The molecule has 0 radical (unpaired) electrons. The molecule has 2 N–H and O–H groups in total. The number of pyridine rings is 2. The number of nitrogens with zero attached hydrogens (tertiary/aromatic N) is 6. The van der Waals surface area contributed by atoms with Gasteiger partial charge in [0, 0.05) is 60.4 Å². The summed E-state index contributed by atoms with van der Waals surface area (Å²) >= 11 is 0. The Hall–Kier alpha value is -5.90. The summed E-state index contributed by atoms with van der Waals surface area (Å²) in [6.45, 7) is 5.02. The van der Waals surface area contributed by atoms with E-state index in [9.17, 15) is 9.59 Å². The summed E-state index contributed by atoms with van der Waals surface area (Å²) in [7, 11) is 0. The average molecular weight is 611 g/mol. The van der Waals surface area contributed by atoms with Crippen molar-refractivity contribution in [1.29, 1.82) is 0 Å².